The summed E-state index contributed by atoms with van der Waals surface area (Å²) >= 11 is 1.68. The van der Waals surface area contributed by atoms with E-state index in [0.717, 1.165) is 46.0 Å². The van der Waals surface area contributed by atoms with Gasteiger partial charge in [0, 0.05) is 4.88 Å². The van der Waals surface area contributed by atoms with Crippen LogP contribution in [0.2, 0.25) is 0 Å². The number of hydrogen-bond acceptors (Lipinski definition) is 4. The molecular formula is C22H21N3O2S. The van der Waals surface area contributed by atoms with Gasteiger partial charge in [-0.25, -0.2) is 4.98 Å². The minimum absolute atomic E-state index is 0.134. The Morgan fingerprint density at radius 2 is 2.04 bits per heavy atom. The molecule has 3 aromatic heterocycles. The van der Waals surface area contributed by atoms with Gasteiger partial charge in [-0.1, -0.05) is 12.1 Å². The minimum atomic E-state index is -0.134. The van der Waals surface area contributed by atoms with E-state index in [1.165, 1.54) is 23.3 Å². The zero-order valence-corrected chi connectivity index (χ0v) is 16.7. The summed E-state index contributed by atoms with van der Waals surface area (Å²) in [4.78, 5) is 22.5. The lowest BCUT2D eigenvalue weighted by atomic mass is 9.95. The van der Waals surface area contributed by atoms with Crippen LogP contribution in [-0.4, -0.2) is 15.9 Å². The molecule has 0 aliphatic heterocycles. The van der Waals surface area contributed by atoms with Gasteiger partial charge < -0.3 is 14.7 Å². The molecule has 0 fully saturated rings. The number of para-hydroxylation sites is 2. The van der Waals surface area contributed by atoms with E-state index >= 15 is 0 Å². The first-order valence-electron chi connectivity index (χ1n) is 9.58. The molecule has 4 aromatic rings. The highest BCUT2D eigenvalue weighted by Gasteiger charge is 2.26. The van der Waals surface area contributed by atoms with Gasteiger partial charge in [-0.15, -0.1) is 11.3 Å². The first-order valence-corrected chi connectivity index (χ1v) is 10.4. The molecule has 0 bridgehead atoms. The van der Waals surface area contributed by atoms with Crippen molar-refractivity contribution >= 4 is 33.3 Å². The van der Waals surface area contributed by atoms with Crippen molar-refractivity contribution in [2.24, 2.45) is 0 Å². The zero-order chi connectivity index (χ0) is 19.3. The summed E-state index contributed by atoms with van der Waals surface area (Å²) in [6.45, 7) is 3.68. The van der Waals surface area contributed by atoms with Gasteiger partial charge in [0.05, 0.1) is 22.2 Å². The Labute approximate surface area is 166 Å². The van der Waals surface area contributed by atoms with Crippen LogP contribution in [0, 0.1) is 13.8 Å². The molecule has 0 spiro atoms. The number of imidazole rings is 1. The number of aryl methyl sites for hydroxylation is 3. The maximum Gasteiger partial charge on any atom is 0.259 e. The van der Waals surface area contributed by atoms with Gasteiger partial charge in [0.15, 0.2) is 0 Å². The lowest BCUT2D eigenvalue weighted by Gasteiger charge is -2.12. The summed E-state index contributed by atoms with van der Waals surface area (Å²) < 4.78 is 5.53. The Balaban J connectivity index is 1.60. The largest absolute Gasteiger partial charge is 0.466 e. The number of rotatable bonds is 3. The molecule has 0 radical (unpaired) electrons. The number of aromatic nitrogens is 2. The number of fused-ring (bicyclic) bond motifs is 2. The third kappa shape index (κ3) is 2.85. The van der Waals surface area contributed by atoms with Crippen molar-refractivity contribution in [2.75, 3.05) is 5.32 Å². The van der Waals surface area contributed by atoms with E-state index in [4.69, 9.17) is 9.40 Å². The van der Waals surface area contributed by atoms with Gasteiger partial charge in [0.1, 0.15) is 22.3 Å². The maximum absolute atomic E-state index is 12.9. The summed E-state index contributed by atoms with van der Waals surface area (Å²) in [6.07, 6.45) is 4.45. The lowest BCUT2D eigenvalue weighted by Crippen LogP contribution is -2.12. The van der Waals surface area contributed by atoms with E-state index in [-0.39, 0.29) is 5.91 Å². The van der Waals surface area contributed by atoms with Crippen molar-refractivity contribution in [1.82, 2.24) is 9.97 Å². The van der Waals surface area contributed by atoms with Crippen LogP contribution in [0.1, 0.15) is 45.2 Å². The van der Waals surface area contributed by atoms with Crippen LogP contribution in [0.4, 0.5) is 5.00 Å². The first kappa shape index (κ1) is 17.3. The van der Waals surface area contributed by atoms with Crippen molar-refractivity contribution in [1.29, 1.82) is 0 Å². The number of amides is 1. The molecule has 6 heteroatoms. The Morgan fingerprint density at radius 3 is 2.82 bits per heavy atom. The third-order valence-corrected chi connectivity index (χ3v) is 6.52. The monoisotopic (exact) mass is 391 g/mol. The number of anilines is 1. The number of aromatic amines is 1. The van der Waals surface area contributed by atoms with Gasteiger partial charge in [-0.2, -0.15) is 0 Å². The fourth-order valence-electron chi connectivity index (χ4n) is 4.00. The van der Waals surface area contributed by atoms with Crippen LogP contribution in [-0.2, 0) is 12.8 Å². The Hall–Kier alpha value is -2.86. The molecule has 142 valence electrons. The predicted molar refractivity (Wildman–Crippen MR) is 112 cm³/mol. The number of carbonyl (C=O) groups is 1. The molecular weight excluding hydrogens is 370 g/mol. The number of nitrogens with one attached hydrogen (secondary N) is 2. The second-order valence-corrected chi connectivity index (χ2v) is 8.40. The topological polar surface area (TPSA) is 70.9 Å². The van der Waals surface area contributed by atoms with Crippen molar-refractivity contribution in [3.05, 3.63) is 57.9 Å². The molecule has 0 atom stereocenters. The fourth-order valence-corrected chi connectivity index (χ4v) is 5.29. The first-order chi connectivity index (χ1) is 13.6. The lowest BCUT2D eigenvalue weighted by molar-refractivity contribution is 0.102. The molecule has 28 heavy (non-hydrogen) atoms. The van der Waals surface area contributed by atoms with Gasteiger partial charge in [0.25, 0.3) is 5.91 Å². The minimum Gasteiger partial charge on any atom is -0.466 e. The van der Waals surface area contributed by atoms with E-state index < -0.39 is 0 Å². The van der Waals surface area contributed by atoms with Crippen molar-refractivity contribution < 1.29 is 9.21 Å². The second kappa shape index (κ2) is 6.63. The molecule has 1 aliphatic carbocycles. The molecule has 1 aromatic carbocycles. The smallest absolute Gasteiger partial charge is 0.259 e. The number of H-pyrrole nitrogens is 1. The van der Waals surface area contributed by atoms with Gasteiger partial charge in [-0.3, -0.25) is 4.79 Å². The van der Waals surface area contributed by atoms with Crippen molar-refractivity contribution in [3.8, 4) is 11.4 Å². The second-order valence-electron chi connectivity index (χ2n) is 7.30. The quantitative estimate of drug-likeness (QED) is 0.475. The average molecular weight is 391 g/mol. The van der Waals surface area contributed by atoms with Crippen LogP contribution in [0.5, 0.6) is 0 Å². The number of nitrogens with zero attached hydrogens (tertiary/aromatic N) is 1. The average Bonchev–Trinajstić information content (AvgIpc) is 3.35. The summed E-state index contributed by atoms with van der Waals surface area (Å²) in [5.41, 5.74) is 4.89. The van der Waals surface area contributed by atoms with Crippen LogP contribution >= 0.6 is 11.3 Å². The van der Waals surface area contributed by atoms with Crippen LogP contribution in [0.3, 0.4) is 0 Å². The standard InChI is InChI=1S/C22H21N3O2S/c1-12-11-15(13(2)27-12)21(26)25-22-19(14-7-3-6-10-18(14)28-22)20-23-16-8-4-5-9-17(16)24-20/h4-5,8-9,11H,3,6-7,10H2,1-2H3,(H,23,24)(H,25,26). The maximum atomic E-state index is 12.9. The molecule has 5 nitrogen and oxygen atoms in total. The number of thiophene rings is 1. The Morgan fingerprint density at radius 1 is 1.21 bits per heavy atom. The molecule has 1 aliphatic rings. The molecule has 5 rings (SSSR count). The SMILES string of the molecule is Cc1cc(C(=O)Nc2sc3c(c2-c2nc4ccccc4[nH]2)CCCC3)c(C)o1. The Kier molecular flexibility index (Phi) is 4.09. The van der Waals surface area contributed by atoms with Gasteiger partial charge >= 0.3 is 0 Å². The van der Waals surface area contributed by atoms with Gasteiger partial charge in [-0.05, 0) is 63.3 Å². The summed E-state index contributed by atoms with van der Waals surface area (Å²) in [6, 6.07) is 9.81. The number of hydrogen-bond donors (Lipinski definition) is 2. The Bertz CT molecular complexity index is 1170. The fraction of sp³-hybridized carbons (Fsp3) is 0.273. The molecule has 3 heterocycles. The van der Waals surface area contributed by atoms with Crippen molar-refractivity contribution in [2.45, 2.75) is 39.5 Å². The van der Waals surface area contributed by atoms with E-state index in [2.05, 4.69) is 10.3 Å². The van der Waals surface area contributed by atoms with Crippen LogP contribution in [0.25, 0.3) is 22.4 Å². The molecule has 0 saturated carbocycles. The number of carbonyl (C=O) groups excluding carboxylic acids is 1. The molecule has 0 saturated heterocycles. The van der Waals surface area contributed by atoms with Crippen molar-refractivity contribution in [3.63, 3.8) is 0 Å². The molecule has 2 N–H and O–H groups in total. The van der Waals surface area contributed by atoms with Crippen LogP contribution < -0.4 is 5.32 Å². The molecule has 1 amide bonds. The summed E-state index contributed by atoms with van der Waals surface area (Å²) in [5.74, 6) is 2.08. The third-order valence-electron chi connectivity index (χ3n) is 5.31. The highest BCUT2D eigenvalue weighted by molar-refractivity contribution is 7.17. The van der Waals surface area contributed by atoms with Crippen LogP contribution in [0.15, 0.2) is 34.7 Å². The molecule has 0 unspecified atom stereocenters. The van der Waals surface area contributed by atoms with E-state index in [1.54, 1.807) is 17.4 Å². The van der Waals surface area contributed by atoms with Gasteiger partial charge in [0.2, 0.25) is 0 Å². The highest BCUT2D eigenvalue weighted by atomic mass is 32.1. The van der Waals surface area contributed by atoms with E-state index in [1.807, 2.05) is 38.1 Å². The normalized spacial score (nSPS) is 13.6. The zero-order valence-electron chi connectivity index (χ0n) is 15.9. The number of furan rings is 1. The number of benzene rings is 1. The highest BCUT2D eigenvalue weighted by Crippen LogP contribution is 2.44. The summed E-state index contributed by atoms with van der Waals surface area (Å²) in [5, 5.41) is 4.01. The van der Waals surface area contributed by atoms with E-state index in [0.29, 0.717) is 11.3 Å². The van der Waals surface area contributed by atoms with E-state index in [9.17, 15) is 4.79 Å². The predicted octanol–water partition coefficient (Wildman–Crippen LogP) is 5.63. The summed E-state index contributed by atoms with van der Waals surface area (Å²) in [7, 11) is 0.